The Labute approximate surface area is 87.5 Å². The molecule has 0 aliphatic carbocycles. The molecule has 2 N–H and O–H groups in total. The molecule has 0 aromatic heterocycles. The van der Waals surface area contributed by atoms with Crippen molar-refractivity contribution in [3.63, 3.8) is 0 Å². The molecule has 0 bridgehead atoms. The van der Waals surface area contributed by atoms with Crippen LogP contribution >= 0.6 is 0 Å². The number of hydrogen-bond donors (Lipinski definition) is 2. The molecule has 0 spiro atoms. The Morgan fingerprint density at radius 1 is 1.47 bits per heavy atom. The van der Waals surface area contributed by atoms with Crippen molar-refractivity contribution in [3.05, 3.63) is 0 Å². The molecular formula is C7H11N3O4S. The molecule has 0 aromatic rings. The summed E-state index contributed by atoms with van der Waals surface area (Å²) in [5.41, 5.74) is 0. The average Bonchev–Trinajstić information content (AvgIpc) is 2.18. The van der Waals surface area contributed by atoms with Gasteiger partial charge < -0.3 is 5.11 Å². The van der Waals surface area contributed by atoms with Gasteiger partial charge >= 0.3 is 16.2 Å². The van der Waals surface area contributed by atoms with Crippen LogP contribution in [-0.2, 0) is 15.0 Å². The summed E-state index contributed by atoms with van der Waals surface area (Å²) in [4.78, 5) is 10.6. The summed E-state index contributed by atoms with van der Waals surface area (Å²) in [6.07, 6.45) is 1.90. The van der Waals surface area contributed by atoms with Crippen LogP contribution in [0.5, 0.6) is 0 Å². The third-order valence-electron chi connectivity index (χ3n) is 2.32. The van der Waals surface area contributed by atoms with Crippen LogP contribution in [0.25, 0.3) is 0 Å². The fourth-order valence-corrected chi connectivity index (χ4v) is 2.40. The Kier molecular flexibility index (Phi) is 3.49. The summed E-state index contributed by atoms with van der Waals surface area (Å²) in [6.45, 7) is 0.266. The van der Waals surface area contributed by atoms with Crippen molar-refractivity contribution in [3.8, 4) is 6.19 Å². The molecule has 1 aliphatic heterocycles. The molecule has 7 nitrogen and oxygen atoms in total. The molecule has 0 atom stereocenters. The van der Waals surface area contributed by atoms with Crippen LogP contribution in [0.3, 0.4) is 0 Å². The Morgan fingerprint density at radius 3 is 2.40 bits per heavy atom. The Morgan fingerprint density at radius 2 is 2.00 bits per heavy atom. The molecule has 0 saturated carbocycles. The molecule has 1 rings (SSSR count). The zero-order chi connectivity index (χ0) is 11.5. The van der Waals surface area contributed by atoms with Gasteiger partial charge in [-0.25, -0.2) is 4.72 Å². The van der Waals surface area contributed by atoms with Gasteiger partial charge in [0.05, 0.1) is 5.92 Å². The fraction of sp³-hybridized carbons (Fsp3) is 0.714. The van der Waals surface area contributed by atoms with E-state index in [2.05, 4.69) is 0 Å². The van der Waals surface area contributed by atoms with E-state index in [0.717, 1.165) is 4.31 Å². The molecule has 1 heterocycles. The van der Waals surface area contributed by atoms with Crippen LogP contribution in [0.2, 0.25) is 0 Å². The van der Waals surface area contributed by atoms with Gasteiger partial charge in [0.1, 0.15) is 0 Å². The van der Waals surface area contributed by atoms with Crippen LogP contribution in [0.4, 0.5) is 0 Å². The molecule has 1 fully saturated rings. The first-order chi connectivity index (χ1) is 6.97. The second-order valence-corrected chi connectivity index (χ2v) is 4.90. The first-order valence-electron chi connectivity index (χ1n) is 4.36. The van der Waals surface area contributed by atoms with E-state index in [9.17, 15) is 13.2 Å². The van der Waals surface area contributed by atoms with Crippen LogP contribution in [-0.4, -0.2) is 36.9 Å². The Bertz CT molecular complexity index is 378. The zero-order valence-corrected chi connectivity index (χ0v) is 8.70. The molecule has 15 heavy (non-hydrogen) atoms. The first kappa shape index (κ1) is 11.7. The lowest BCUT2D eigenvalue weighted by molar-refractivity contribution is -0.142. The van der Waals surface area contributed by atoms with Gasteiger partial charge in [-0.3, -0.25) is 4.79 Å². The number of piperidine rings is 1. The van der Waals surface area contributed by atoms with E-state index in [-0.39, 0.29) is 25.9 Å². The van der Waals surface area contributed by atoms with E-state index in [4.69, 9.17) is 10.4 Å². The van der Waals surface area contributed by atoms with E-state index in [1.807, 2.05) is 0 Å². The summed E-state index contributed by atoms with van der Waals surface area (Å²) in [5, 5.41) is 16.9. The molecule has 1 aliphatic rings. The lowest BCUT2D eigenvalue weighted by Crippen LogP contribution is -2.44. The van der Waals surface area contributed by atoms with Crippen molar-refractivity contribution in [2.45, 2.75) is 12.8 Å². The number of nitrogens with zero attached hydrogens (tertiary/aromatic N) is 2. The topological polar surface area (TPSA) is 111 Å². The second-order valence-electron chi connectivity index (χ2n) is 3.23. The quantitative estimate of drug-likeness (QED) is 0.484. The molecule has 0 aromatic carbocycles. The van der Waals surface area contributed by atoms with E-state index in [1.54, 1.807) is 4.72 Å². The number of carbonyl (C=O) groups is 1. The molecule has 0 amide bonds. The van der Waals surface area contributed by atoms with Crippen LogP contribution < -0.4 is 4.72 Å². The number of nitriles is 1. The van der Waals surface area contributed by atoms with Crippen molar-refractivity contribution in [2.24, 2.45) is 5.92 Å². The van der Waals surface area contributed by atoms with E-state index < -0.39 is 22.1 Å². The normalized spacial score (nSPS) is 19.4. The second kappa shape index (κ2) is 4.46. The third kappa shape index (κ3) is 2.81. The van der Waals surface area contributed by atoms with Gasteiger partial charge in [0.2, 0.25) is 0 Å². The highest BCUT2D eigenvalue weighted by Gasteiger charge is 2.30. The minimum absolute atomic E-state index is 0.133. The van der Waals surface area contributed by atoms with Gasteiger partial charge in [0.15, 0.2) is 6.19 Å². The molecule has 1 saturated heterocycles. The van der Waals surface area contributed by atoms with Crippen molar-refractivity contribution in [1.29, 1.82) is 5.26 Å². The summed E-state index contributed by atoms with van der Waals surface area (Å²) < 4.78 is 25.4. The van der Waals surface area contributed by atoms with E-state index >= 15 is 0 Å². The van der Waals surface area contributed by atoms with Crippen molar-refractivity contribution in [1.82, 2.24) is 9.03 Å². The maximum atomic E-state index is 11.3. The predicted octanol–water partition coefficient (Wildman–Crippen LogP) is -0.902. The molecular weight excluding hydrogens is 222 g/mol. The number of rotatable bonds is 3. The number of hydrogen-bond acceptors (Lipinski definition) is 4. The molecule has 0 radical (unpaired) electrons. The maximum absolute atomic E-state index is 11.3. The first-order valence-corrected chi connectivity index (χ1v) is 5.80. The van der Waals surface area contributed by atoms with Gasteiger partial charge in [-0.2, -0.15) is 18.0 Å². The van der Waals surface area contributed by atoms with Gasteiger partial charge in [0.25, 0.3) is 0 Å². The summed E-state index contributed by atoms with van der Waals surface area (Å²) in [5.74, 6) is -1.39. The van der Waals surface area contributed by atoms with Crippen molar-refractivity contribution in [2.75, 3.05) is 13.1 Å². The average molecular weight is 233 g/mol. The molecule has 84 valence electrons. The van der Waals surface area contributed by atoms with E-state index in [1.165, 1.54) is 6.19 Å². The van der Waals surface area contributed by atoms with Gasteiger partial charge in [-0.15, -0.1) is 0 Å². The Hall–Kier alpha value is -1.33. The third-order valence-corrected chi connectivity index (χ3v) is 3.71. The number of carboxylic acids is 1. The van der Waals surface area contributed by atoms with Crippen molar-refractivity contribution >= 4 is 16.2 Å². The number of carboxylic acid groups (broad SMARTS) is 1. The van der Waals surface area contributed by atoms with Gasteiger partial charge in [-0.1, -0.05) is 0 Å². The monoisotopic (exact) mass is 233 g/mol. The lowest BCUT2D eigenvalue weighted by Gasteiger charge is -2.28. The summed E-state index contributed by atoms with van der Waals surface area (Å²) in [6, 6.07) is 0. The smallest absolute Gasteiger partial charge is 0.309 e. The summed E-state index contributed by atoms with van der Waals surface area (Å²) in [7, 11) is -3.75. The summed E-state index contributed by atoms with van der Waals surface area (Å²) >= 11 is 0. The standard InChI is InChI=1S/C7H11N3O4S/c8-5-9-15(13,14)10-3-1-6(2-4-10)7(11)12/h6,9H,1-4H2,(H,11,12). The maximum Gasteiger partial charge on any atom is 0.309 e. The van der Waals surface area contributed by atoms with Gasteiger partial charge in [0, 0.05) is 13.1 Å². The zero-order valence-electron chi connectivity index (χ0n) is 7.88. The number of nitrogens with one attached hydrogen (secondary N) is 1. The largest absolute Gasteiger partial charge is 0.481 e. The van der Waals surface area contributed by atoms with Crippen LogP contribution in [0, 0.1) is 17.4 Å². The Balaban J connectivity index is 2.59. The van der Waals surface area contributed by atoms with Crippen LogP contribution in [0.15, 0.2) is 0 Å². The number of aliphatic carboxylic acids is 1. The van der Waals surface area contributed by atoms with Gasteiger partial charge in [-0.05, 0) is 12.8 Å². The SMILES string of the molecule is N#CNS(=O)(=O)N1CCC(C(=O)O)CC1. The van der Waals surface area contributed by atoms with Crippen molar-refractivity contribution < 1.29 is 18.3 Å². The fourth-order valence-electron chi connectivity index (χ4n) is 1.47. The lowest BCUT2D eigenvalue weighted by atomic mass is 9.99. The molecule has 0 unspecified atom stereocenters. The highest BCUT2D eigenvalue weighted by molar-refractivity contribution is 7.87. The molecule has 8 heteroatoms. The minimum Gasteiger partial charge on any atom is -0.481 e. The predicted molar refractivity (Wildman–Crippen MR) is 49.6 cm³/mol. The minimum atomic E-state index is -3.75. The van der Waals surface area contributed by atoms with Crippen LogP contribution in [0.1, 0.15) is 12.8 Å². The highest BCUT2D eigenvalue weighted by atomic mass is 32.2. The highest BCUT2D eigenvalue weighted by Crippen LogP contribution is 2.18. The van der Waals surface area contributed by atoms with E-state index in [0.29, 0.717) is 0 Å².